The predicted molar refractivity (Wildman–Crippen MR) is 143 cm³/mol. The molecule has 0 bridgehead atoms. The zero-order chi connectivity index (χ0) is 26.5. The Balaban J connectivity index is 1.60. The Hall–Kier alpha value is -4.11. The van der Waals surface area contributed by atoms with Gasteiger partial charge in [-0.05, 0) is 50.9 Å². The number of aryl methyl sites for hydroxylation is 1. The second kappa shape index (κ2) is 11.3. The number of hydrogen-bond donors (Lipinski definition) is 2. The summed E-state index contributed by atoms with van der Waals surface area (Å²) in [6, 6.07) is 10.0. The largest absolute Gasteiger partial charge is 0.398 e. The minimum Gasteiger partial charge on any atom is -0.398 e. The lowest BCUT2D eigenvalue weighted by molar-refractivity contribution is -0.133. The molecule has 0 spiro atoms. The number of carbonyl (C=O) groups excluding carboxylic acids is 2. The molecule has 1 saturated heterocycles. The van der Waals surface area contributed by atoms with Gasteiger partial charge in [-0.3, -0.25) is 19.4 Å². The Labute approximate surface area is 216 Å². The average molecular weight is 501 g/mol. The van der Waals surface area contributed by atoms with Gasteiger partial charge in [0.15, 0.2) is 0 Å². The molecule has 0 radical (unpaired) electrons. The van der Waals surface area contributed by atoms with Crippen molar-refractivity contribution < 1.29 is 9.59 Å². The molecule has 4 rings (SSSR count). The lowest BCUT2D eigenvalue weighted by Crippen LogP contribution is -2.37. The minimum absolute atomic E-state index is 0.0813. The number of benzene rings is 1. The molecule has 1 amide bonds. The third-order valence-corrected chi connectivity index (χ3v) is 6.57. The number of carbonyl (C=O) groups is 2. The maximum Gasteiger partial charge on any atom is 0.251 e. The van der Waals surface area contributed by atoms with Gasteiger partial charge < -0.3 is 20.5 Å². The molecule has 3 aromatic rings. The number of allylic oxidation sites excluding steroid dienone is 1. The summed E-state index contributed by atoms with van der Waals surface area (Å²) in [6.45, 7) is 5.59. The zero-order valence-corrected chi connectivity index (χ0v) is 21.4. The van der Waals surface area contributed by atoms with Crippen LogP contribution in [-0.2, 0) is 11.3 Å². The van der Waals surface area contributed by atoms with Gasteiger partial charge in [-0.2, -0.15) is 0 Å². The van der Waals surface area contributed by atoms with Crippen LogP contribution in [0.15, 0.2) is 59.7 Å². The van der Waals surface area contributed by atoms with Crippen molar-refractivity contribution in [1.29, 1.82) is 0 Å². The Morgan fingerprint density at radius 2 is 1.84 bits per heavy atom. The molecule has 1 unspecified atom stereocenters. The third-order valence-electron chi connectivity index (χ3n) is 6.57. The smallest absolute Gasteiger partial charge is 0.251 e. The fourth-order valence-corrected chi connectivity index (χ4v) is 4.41. The second-order valence-electron chi connectivity index (χ2n) is 9.25. The summed E-state index contributed by atoms with van der Waals surface area (Å²) in [5.74, 6) is -0.447. The third kappa shape index (κ3) is 5.83. The molecule has 192 valence electrons. The van der Waals surface area contributed by atoms with E-state index in [9.17, 15) is 14.4 Å². The van der Waals surface area contributed by atoms with E-state index in [4.69, 9.17) is 5.73 Å². The van der Waals surface area contributed by atoms with E-state index in [2.05, 4.69) is 15.3 Å². The average Bonchev–Trinajstić information content (AvgIpc) is 3.44. The molecule has 1 fully saturated rings. The van der Waals surface area contributed by atoms with E-state index in [1.807, 2.05) is 31.3 Å². The first-order valence-corrected chi connectivity index (χ1v) is 12.4. The SMILES string of the molecule is CNCc1ccc(/C(N)=C/C(=O)c2nc(-c3ccc(=O)n(C(C)C(=O)N4CCCC4)c3)cnc2C)cc1. The van der Waals surface area contributed by atoms with Crippen LogP contribution in [0.5, 0.6) is 0 Å². The van der Waals surface area contributed by atoms with E-state index in [1.165, 1.54) is 16.7 Å². The maximum atomic E-state index is 13.1. The summed E-state index contributed by atoms with van der Waals surface area (Å²) in [6.07, 6.45) is 6.46. The van der Waals surface area contributed by atoms with Gasteiger partial charge in [0.05, 0.1) is 17.6 Å². The van der Waals surface area contributed by atoms with Gasteiger partial charge in [-0.15, -0.1) is 0 Å². The minimum atomic E-state index is -0.646. The summed E-state index contributed by atoms with van der Waals surface area (Å²) in [4.78, 5) is 49.3. The number of hydrogen-bond acceptors (Lipinski definition) is 7. The molecule has 3 heterocycles. The van der Waals surface area contributed by atoms with Gasteiger partial charge in [0.25, 0.3) is 5.56 Å². The highest BCUT2D eigenvalue weighted by Crippen LogP contribution is 2.21. The Bertz CT molecular complexity index is 1390. The van der Waals surface area contributed by atoms with Crippen LogP contribution in [0.3, 0.4) is 0 Å². The van der Waals surface area contributed by atoms with Crippen molar-refractivity contribution in [2.75, 3.05) is 20.1 Å². The Morgan fingerprint density at radius 3 is 2.51 bits per heavy atom. The Kier molecular flexibility index (Phi) is 7.93. The van der Waals surface area contributed by atoms with Crippen molar-refractivity contribution >= 4 is 17.4 Å². The predicted octanol–water partition coefficient (Wildman–Crippen LogP) is 2.70. The van der Waals surface area contributed by atoms with E-state index < -0.39 is 6.04 Å². The first-order chi connectivity index (χ1) is 17.8. The second-order valence-corrected chi connectivity index (χ2v) is 9.25. The van der Waals surface area contributed by atoms with Crippen LogP contribution in [0.4, 0.5) is 0 Å². The molecular formula is C28H32N6O3. The number of amides is 1. The van der Waals surface area contributed by atoms with Crippen molar-refractivity contribution in [3.8, 4) is 11.3 Å². The summed E-state index contributed by atoms with van der Waals surface area (Å²) in [5.41, 5.74) is 9.74. The van der Waals surface area contributed by atoms with Crippen LogP contribution in [0, 0.1) is 6.92 Å². The van der Waals surface area contributed by atoms with E-state index in [1.54, 1.807) is 37.2 Å². The van der Waals surface area contributed by atoms with Crippen LogP contribution < -0.4 is 16.6 Å². The highest BCUT2D eigenvalue weighted by molar-refractivity contribution is 6.07. The topological polar surface area (TPSA) is 123 Å². The van der Waals surface area contributed by atoms with Crippen molar-refractivity contribution in [3.63, 3.8) is 0 Å². The molecule has 37 heavy (non-hydrogen) atoms. The lowest BCUT2D eigenvalue weighted by Gasteiger charge is -2.22. The Morgan fingerprint density at radius 1 is 1.14 bits per heavy atom. The van der Waals surface area contributed by atoms with Gasteiger partial charge in [-0.1, -0.05) is 24.3 Å². The van der Waals surface area contributed by atoms with Gasteiger partial charge >= 0.3 is 0 Å². The standard InChI is InChI=1S/C28H32N6O3/c1-18-27(25(35)14-23(29)21-8-6-20(7-9-21)15-30-3)32-24(16-31-18)22-10-11-26(36)34(17-22)19(2)28(37)33-12-4-5-13-33/h6-11,14,16-17,19,30H,4-5,12-13,15,29H2,1-3H3/b23-14-. The summed E-state index contributed by atoms with van der Waals surface area (Å²) in [7, 11) is 1.88. The highest BCUT2D eigenvalue weighted by Gasteiger charge is 2.25. The number of pyridine rings is 1. The number of nitrogens with two attached hydrogens (primary N) is 1. The van der Waals surface area contributed by atoms with Gasteiger partial charge in [0.2, 0.25) is 11.7 Å². The van der Waals surface area contributed by atoms with Gasteiger partial charge in [-0.25, -0.2) is 4.98 Å². The summed E-state index contributed by atoms with van der Waals surface area (Å²) >= 11 is 0. The molecule has 9 heteroatoms. The van der Waals surface area contributed by atoms with Crippen molar-refractivity contribution in [2.45, 2.75) is 39.3 Å². The molecule has 1 aromatic carbocycles. The molecule has 0 aliphatic carbocycles. The van der Waals surface area contributed by atoms with Gasteiger partial charge in [0.1, 0.15) is 11.7 Å². The van der Waals surface area contributed by atoms with E-state index >= 15 is 0 Å². The number of rotatable bonds is 8. The number of ketones is 1. The van der Waals surface area contributed by atoms with Crippen LogP contribution in [0.25, 0.3) is 17.0 Å². The molecule has 9 nitrogen and oxygen atoms in total. The first-order valence-electron chi connectivity index (χ1n) is 12.4. The number of aromatic nitrogens is 3. The highest BCUT2D eigenvalue weighted by atomic mass is 16.2. The van der Waals surface area contributed by atoms with E-state index in [0.29, 0.717) is 35.7 Å². The van der Waals surface area contributed by atoms with Crippen LogP contribution in [0.1, 0.15) is 53.1 Å². The molecule has 1 aliphatic heterocycles. The molecule has 1 aliphatic rings. The monoisotopic (exact) mass is 500 g/mol. The number of nitrogens with one attached hydrogen (secondary N) is 1. The van der Waals surface area contributed by atoms with Crippen molar-refractivity contribution in [2.24, 2.45) is 5.73 Å². The van der Waals surface area contributed by atoms with Crippen LogP contribution in [0.2, 0.25) is 0 Å². The van der Waals surface area contributed by atoms with Crippen molar-refractivity contribution in [1.82, 2.24) is 24.8 Å². The van der Waals surface area contributed by atoms with Crippen LogP contribution >= 0.6 is 0 Å². The molecule has 3 N–H and O–H groups in total. The zero-order valence-electron chi connectivity index (χ0n) is 21.4. The van der Waals surface area contributed by atoms with Gasteiger partial charge in [0, 0.05) is 49.2 Å². The molecule has 0 saturated carbocycles. The fraction of sp³-hybridized carbons (Fsp3) is 0.321. The van der Waals surface area contributed by atoms with Crippen molar-refractivity contribution in [3.05, 3.63) is 87.7 Å². The molecular weight excluding hydrogens is 468 g/mol. The maximum absolute atomic E-state index is 13.1. The normalized spacial score (nSPS) is 14.6. The quantitative estimate of drug-likeness (QED) is 0.360. The number of likely N-dealkylation sites (tertiary alicyclic amines) is 1. The summed E-state index contributed by atoms with van der Waals surface area (Å²) in [5, 5.41) is 3.09. The fourth-order valence-electron chi connectivity index (χ4n) is 4.41. The molecule has 2 aromatic heterocycles. The van der Waals surface area contributed by atoms with E-state index in [-0.39, 0.29) is 22.9 Å². The molecule has 1 atom stereocenters. The van der Waals surface area contributed by atoms with E-state index in [0.717, 1.165) is 30.5 Å². The summed E-state index contributed by atoms with van der Waals surface area (Å²) < 4.78 is 1.41. The lowest BCUT2D eigenvalue weighted by atomic mass is 10.1. The first kappa shape index (κ1) is 26.0. The number of nitrogens with zero attached hydrogens (tertiary/aromatic N) is 4. The van der Waals surface area contributed by atoms with Crippen LogP contribution in [-0.4, -0.2) is 51.3 Å².